The summed E-state index contributed by atoms with van der Waals surface area (Å²) >= 11 is 0. The third kappa shape index (κ3) is 7.80. The molecule has 0 aliphatic heterocycles. The Kier molecular flexibility index (Phi) is 8.52. The molecule has 0 aliphatic carbocycles. The normalized spacial score (nSPS) is 11.8. The van der Waals surface area contributed by atoms with E-state index in [-0.39, 0.29) is 12.0 Å². The van der Waals surface area contributed by atoms with Crippen molar-refractivity contribution >= 4 is 28.8 Å². The maximum absolute atomic E-state index is 13.9. The number of carbonyl (C=O) groups excluding carboxylic acids is 2. The summed E-state index contributed by atoms with van der Waals surface area (Å²) < 4.78 is 32.4. The number of amides is 1. The summed E-state index contributed by atoms with van der Waals surface area (Å²) in [6.45, 7) is 9.86. The van der Waals surface area contributed by atoms with Gasteiger partial charge in [0.1, 0.15) is 17.2 Å². The van der Waals surface area contributed by atoms with Gasteiger partial charge in [-0.2, -0.15) is 0 Å². The summed E-state index contributed by atoms with van der Waals surface area (Å²) in [4.78, 5) is 24.7. The van der Waals surface area contributed by atoms with E-state index in [2.05, 4.69) is 10.6 Å². The first-order valence-corrected chi connectivity index (χ1v) is 10.5. The molecule has 0 bridgehead atoms. The van der Waals surface area contributed by atoms with Crippen LogP contribution in [-0.4, -0.2) is 24.0 Å². The molecule has 2 aromatic rings. The lowest BCUT2D eigenvalue weighted by Gasteiger charge is -2.18. The van der Waals surface area contributed by atoms with Crippen molar-refractivity contribution in [3.8, 4) is 0 Å². The molecule has 7 heteroatoms. The first kappa shape index (κ1) is 25.0. The standard InChI is InChI=1S/C25H30F2N2O3/c1-6-11-28-21-10-8-17(16(2)12-24(31)32-25(3,4)5)13-22(21)29-23(30)14-18-7-9-19(26)15-20(18)27/h7-10,12-13,15,28H,6,11,14H2,1-5H3,(H,29,30)/b16-12+. The Morgan fingerprint density at radius 3 is 2.41 bits per heavy atom. The van der Waals surface area contributed by atoms with Crippen LogP contribution in [-0.2, 0) is 20.7 Å². The fourth-order valence-corrected chi connectivity index (χ4v) is 2.93. The molecule has 2 rings (SSSR count). The lowest BCUT2D eigenvalue weighted by atomic mass is 10.0. The van der Waals surface area contributed by atoms with Gasteiger partial charge in [-0.3, -0.25) is 4.79 Å². The summed E-state index contributed by atoms with van der Waals surface area (Å²) in [5, 5.41) is 6.03. The molecule has 0 saturated carbocycles. The van der Waals surface area contributed by atoms with Crippen molar-refractivity contribution in [3.63, 3.8) is 0 Å². The van der Waals surface area contributed by atoms with Crippen LogP contribution in [0.1, 0.15) is 52.2 Å². The highest BCUT2D eigenvalue weighted by Gasteiger charge is 2.16. The lowest BCUT2D eigenvalue weighted by Crippen LogP contribution is -2.22. The van der Waals surface area contributed by atoms with E-state index < -0.39 is 29.1 Å². The minimum absolute atomic E-state index is 0.101. The van der Waals surface area contributed by atoms with E-state index in [0.29, 0.717) is 23.5 Å². The molecule has 0 saturated heterocycles. The van der Waals surface area contributed by atoms with Gasteiger partial charge in [-0.05, 0) is 69.0 Å². The van der Waals surface area contributed by atoms with Crippen molar-refractivity contribution in [2.75, 3.05) is 17.2 Å². The summed E-state index contributed by atoms with van der Waals surface area (Å²) in [5.74, 6) is -2.37. The average molecular weight is 445 g/mol. The Bertz CT molecular complexity index is 1010. The largest absolute Gasteiger partial charge is 0.457 e. The van der Waals surface area contributed by atoms with Crippen LogP contribution in [0.3, 0.4) is 0 Å². The van der Waals surface area contributed by atoms with Crippen LogP contribution in [0.15, 0.2) is 42.5 Å². The molecular weight excluding hydrogens is 414 g/mol. The molecule has 0 fully saturated rings. The molecule has 0 aromatic heterocycles. The van der Waals surface area contributed by atoms with E-state index in [0.717, 1.165) is 24.1 Å². The molecule has 0 aliphatic rings. The Morgan fingerprint density at radius 1 is 1.06 bits per heavy atom. The molecule has 5 nitrogen and oxygen atoms in total. The number of hydrogen-bond donors (Lipinski definition) is 2. The average Bonchev–Trinajstić information content (AvgIpc) is 2.67. The third-order valence-electron chi connectivity index (χ3n) is 4.42. The number of nitrogens with one attached hydrogen (secondary N) is 2. The quantitative estimate of drug-likeness (QED) is 0.404. The minimum Gasteiger partial charge on any atom is -0.457 e. The first-order valence-electron chi connectivity index (χ1n) is 10.5. The van der Waals surface area contributed by atoms with Crippen LogP contribution in [0, 0.1) is 11.6 Å². The Labute approximate surface area is 187 Å². The molecule has 0 heterocycles. The number of esters is 1. The zero-order valence-corrected chi connectivity index (χ0v) is 19.1. The van der Waals surface area contributed by atoms with Crippen LogP contribution >= 0.6 is 0 Å². The molecule has 0 spiro atoms. The fraction of sp³-hybridized carbons (Fsp3) is 0.360. The van der Waals surface area contributed by atoms with Crippen LogP contribution in [0.25, 0.3) is 5.57 Å². The Morgan fingerprint density at radius 2 is 1.78 bits per heavy atom. The van der Waals surface area contributed by atoms with Gasteiger partial charge >= 0.3 is 5.97 Å². The molecular formula is C25H30F2N2O3. The summed E-state index contributed by atoms with van der Waals surface area (Å²) in [5.41, 5.74) is 2.09. The van der Waals surface area contributed by atoms with Crippen molar-refractivity contribution in [3.05, 3.63) is 65.2 Å². The molecule has 0 atom stereocenters. The van der Waals surface area contributed by atoms with Gasteiger partial charge in [-0.15, -0.1) is 0 Å². The van der Waals surface area contributed by atoms with Crippen molar-refractivity contribution in [2.45, 2.75) is 53.1 Å². The van der Waals surface area contributed by atoms with Crippen LogP contribution in [0.2, 0.25) is 0 Å². The highest BCUT2D eigenvalue weighted by Crippen LogP contribution is 2.27. The van der Waals surface area contributed by atoms with E-state index >= 15 is 0 Å². The monoisotopic (exact) mass is 444 g/mol. The van der Waals surface area contributed by atoms with Crippen molar-refractivity contribution < 1.29 is 23.1 Å². The predicted octanol–water partition coefficient (Wildman–Crippen LogP) is 5.71. The molecule has 0 unspecified atom stereocenters. The van der Waals surface area contributed by atoms with Crippen molar-refractivity contribution in [1.82, 2.24) is 0 Å². The van der Waals surface area contributed by atoms with Crippen molar-refractivity contribution in [2.24, 2.45) is 0 Å². The topological polar surface area (TPSA) is 67.4 Å². The number of allylic oxidation sites excluding steroid dienone is 1. The number of rotatable bonds is 8. The van der Waals surface area contributed by atoms with Crippen LogP contribution < -0.4 is 10.6 Å². The first-order chi connectivity index (χ1) is 15.0. The number of anilines is 2. The summed E-state index contributed by atoms with van der Waals surface area (Å²) in [6.07, 6.45) is 2.04. The van der Waals surface area contributed by atoms with E-state index in [1.165, 1.54) is 12.1 Å². The second-order valence-corrected chi connectivity index (χ2v) is 8.51. The highest BCUT2D eigenvalue weighted by atomic mass is 19.1. The molecule has 2 aromatic carbocycles. The second kappa shape index (κ2) is 10.9. The number of benzene rings is 2. The second-order valence-electron chi connectivity index (χ2n) is 8.51. The number of carbonyl (C=O) groups is 2. The fourth-order valence-electron chi connectivity index (χ4n) is 2.93. The van der Waals surface area contributed by atoms with E-state index in [9.17, 15) is 18.4 Å². The molecule has 32 heavy (non-hydrogen) atoms. The van der Waals surface area contributed by atoms with E-state index in [1.807, 2.05) is 19.1 Å². The lowest BCUT2D eigenvalue weighted by molar-refractivity contribution is -0.148. The molecule has 172 valence electrons. The van der Waals surface area contributed by atoms with Gasteiger partial charge in [0.05, 0.1) is 17.8 Å². The maximum Gasteiger partial charge on any atom is 0.331 e. The zero-order chi connectivity index (χ0) is 23.9. The minimum atomic E-state index is -0.769. The molecule has 1 amide bonds. The van der Waals surface area contributed by atoms with Crippen molar-refractivity contribution in [1.29, 1.82) is 0 Å². The maximum atomic E-state index is 13.9. The Hall–Kier alpha value is -3.22. The van der Waals surface area contributed by atoms with Crippen LogP contribution in [0.5, 0.6) is 0 Å². The van der Waals surface area contributed by atoms with E-state index in [1.54, 1.807) is 33.8 Å². The highest BCUT2D eigenvalue weighted by molar-refractivity contribution is 5.97. The smallest absolute Gasteiger partial charge is 0.331 e. The molecule has 2 N–H and O–H groups in total. The van der Waals surface area contributed by atoms with Gasteiger partial charge in [0.25, 0.3) is 0 Å². The van der Waals surface area contributed by atoms with Gasteiger partial charge < -0.3 is 15.4 Å². The van der Waals surface area contributed by atoms with Gasteiger partial charge in [-0.1, -0.05) is 19.1 Å². The van der Waals surface area contributed by atoms with Gasteiger partial charge in [0.15, 0.2) is 0 Å². The third-order valence-corrected chi connectivity index (χ3v) is 4.42. The zero-order valence-electron chi connectivity index (χ0n) is 19.1. The van der Waals surface area contributed by atoms with E-state index in [4.69, 9.17) is 4.74 Å². The predicted molar refractivity (Wildman–Crippen MR) is 123 cm³/mol. The number of halogens is 2. The Balaban J connectivity index is 2.26. The van der Waals surface area contributed by atoms with Crippen LogP contribution in [0.4, 0.5) is 20.2 Å². The number of hydrogen-bond acceptors (Lipinski definition) is 4. The summed E-state index contributed by atoms with van der Waals surface area (Å²) in [6, 6.07) is 8.51. The molecule has 0 radical (unpaired) electrons. The number of ether oxygens (including phenoxy) is 1. The van der Waals surface area contributed by atoms with Gasteiger partial charge in [0.2, 0.25) is 5.91 Å². The van der Waals surface area contributed by atoms with Gasteiger partial charge in [-0.25, -0.2) is 13.6 Å². The SMILES string of the molecule is CCCNc1ccc(/C(C)=C/C(=O)OC(C)(C)C)cc1NC(=O)Cc1ccc(F)cc1F. The van der Waals surface area contributed by atoms with Gasteiger partial charge in [0, 0.05) is 18.7 Å². The summed E-state index contributed by atoms with van der Waals surface area (Å²) in [7, 11) is 0.